The van der Waals surface area contributed by atoms with Crippen LogP contribution in [0.4, 0.5) is 11.4 Å². The third kappa shape index (κ3) is 4.65. The molecule has 7 rings (SSSR count). The molecule has 0 spiro atoms. The number of allylic oxidation sites excluding steroid dienone is 4. The quantitative estimate of drug-likeness (QED) is 0.159. The molecule has 3 aliphatic rings. The van der Waals surface area contributed by atoms with Crippen LogP contribution in [0, 0.1) is 5.92 Å². The highest BCUT2D eigenvalue weighted by molar-refractivity contribution is 6.07. The monoisotopic (exact) mass is 567 g/mol. The van der Waals surface area contributed by atoms with Crippen LogP contribution in [0.2, 0.25) is 0 Å². The first-order valence-electron chi connectivity index (χ1n) is 16.6. The zero-order valence-electron chi connectivity index (χ0n) is 26.8. The van der Waals surface area contributed by atoms with Crippen molar-refractivity contribution in [2.24, 2.45) is 5.92 Å². The van der Waals surface area contributed by atoms with Crippen molar-refractivity contribution in [2.45, 2.75) is 83.5 Å². The predicted octanol–water partition coefficient (Wildman–Crippen LogP) is 10.6. The third-order valence-corrected chi connectivity index (χ3v) is 10.9. The lowest BCUT2D eigenvalue weighted by atomic mass is 9.79. The number of hydrogen-bond donors (Lipinski definition) is 0. The third-order valence-electron chi connectivity index (χ3n) is 10.9. The minimum Gasteiger partial charge on any atom is -0.344 e. The Morgan fingerprint density at radius 2 is 1.42 bits per heavy atom. The maximum absolute atomic E-state index is 2.65. The van der Waals surface area contributed by atoms with Crippen LogP contribution in [0.3, 0.4) is 0 Å². The molecule has 220 valence electrons. The largest absolute Gasteiger partial charge is 0.344 e. The number of nitrogens with zero attached hydrogens (tertiary/aromatic N) is 2. The Labute approximate surface area is 258 Å². The molecule has 1 saturated carbocycles. The minimum atomic E-state index is -0.0791. The van der Waals surface area contributed by atoms with Crippen molar-refractivity contribution in [1.29, 1.82) is 0 Å². The van der Waals surface area contributed by atoms with Gasteiger partial charge in [-0.1, -0.05) is 113 Å². The topological polar surface area (TPSA) is 6.25 Å². The first kappa shape index (κ1) is 28.1. The van der Waals surface area contributed by atoms with Crippen LogP contribution in [0.5, 0.6) is 0 Å². The second-order valence-electron chi connectivity index (χ2n) is 14.3. The first-order valence-corrected chi connectivity index (χ1v) is 16.6. The Balaban J connectivity index is 1.23. The fourth-order valence-electron chi connectivity index (χ4n) is 8.70. The molecule has 1 fully saturated rings. The Morgan fingerprint density at radius 1 is 0.767 bits per heavy atom. The molecule has 0 amide bonds. The molecule has 0 N–H and O–H groups in total. The Bertz CT molecular complexity index is 1790. The molecule has 43 heavy (non-hydrogen) atoms. The fraction of sp³-hybridized carbons (Fsp3) is 0.390. The van der Waals surface area contributed by atoms with Crippen LogP contribution in [0.25, 0.3) is 21.5 Å². The number of rotatable bonds is 7. The van der Waals surface area contributed by atoms with Gasteiger partial charge in [0.25, 0.3) is 0 Å². The highest BCUT2D eigenvalue weighted by Crippen LogP contribution is 2.51. The van der Waals surface area contributed by atoms with E-state index in [1.54, 1.807) is 0 Å². The minimum absolute atomic E-state index is 0.0765. The van der Waals surface area contributed by atoms with E-state index in [-0.39, 0.29) is 10.8 Å². The standard InChI is InChI=1S/C41H47N2/c1-40(2)36(42(5)34-26-24-30-18-8-10-20-32(30)38(34)40)22-14-23-37-41(3,4)39-33-21-11-9-19-31(33)25-27-35(39)43(37)28-13-12-17-29-15-6-7-16-29/h8-11,14,18-27,29H,6-7,12-13,15-17,28H2,1-5H3/q+1. The number of fused-ring (bicyclic) bond motifs is 6. The maximum Gasteiger partial charge on any atom is 0.210 e. The zero-order chi connectivity index (χ0) is 29.8. The molecular formula is C41H47N2+. The summed E-state index contributed by atoms with van der Waals surface area (Å²) in [5, 5.41) is 5.40. The molecule has 4 aromatic carbocycles. The molecule has 0 saturated heterocycles. The molecule has 2 heteroatoms. The van der Waals surface area contributed by atoms with Crippen molar-refractivity contribution >= 4 is 38.6 Å². The van der Waals surface area contributed by atoms with Crippen LogP contribution >= 0.6 is 0 Å². The van der Waals surface area contributed by atoms with E-state index in [1.807, 2.05) is 0 Å². The van der Waals surface area contributed by atoms with Gasteiger partial charge in [0.15, 0.2) is 5.71 Å². The molecule has 1 aliphatic carbocycles. The van der Waals surface area contributed by atoms with Gasteiger partial charge in [0.2, 0.25) is 5.69 Å². The van der Waals surface area contributed by atoms with Crippen LogP contribution in [-0.4, -0.2) is 23.9 Å². The predicted molar refractivity (Wildman–Crippen MR) is 185 cm³/mol. The summed E-state index contributed by atoms with van der Waals surface area (Å²) < 4.78 is 2.40. The number of anilines is 1. The zero-order valence-corrected chi connectivity index (χ0v) is 26.8. The van der Waals surface area contributed by atoms with Gasteiger partial charge in [0, 0.05) is 41.1 Å². The van der Waals surface area contributed by atoms with Gasteiger partial charge < -0.3 is 4.90 Å². The van der Waals surface area contributed by atoms with Gasteiger partial charge in [-0.3, -0.25) is 0 Å². The van der Waals surface area contributed by atoms with E-state index in [2.05, 4.69) is 135 Å². The summed E-state index contributed by atoms with van der Waals surface area (Å²) >= 11 is 0. The molecule has 0 unspecified atom stereocenters. The normalized spacial score (nSPS) is 20.3. The summed E-state index contributed by atoms with van der Waals surface area (Å²) in [6.45, 7) is 10.7. The molecule has 2 heterocycles. The van der Waals surface area contributed by atoms with E-state index < -0.39 is 0 Å². The van der Waals surface area contributed by atoms with Gasteiger partial charge >= 0.3 is 0 Å². The Morgan fingerprint density at radius 3 is 2.14 bits per heavy atom. The second-order valence-corrected chi connectivity index (χ2v) is 14.3. The van der Waals surface area contributed by atoms with Gasteiger partial charge in [-0.15, -0.1) is 0 Å². The summed E-state index contributed by atoms with van der Waals surface area (Å²) in [6.07, 6.45) is 16.9. The van der Waals surface area contributed by atoms with Gasteiger partial charge in [0.1, 0.15) is 7.05 Å². The maximum atomic E-state index is 2.65. The van der Waals surface area contributed by atoms with E-state index in [9.17, 15) is 0 Å². The highest BCUT2D eigenvalue weighted by atomic mass is 15.2. The van der Waals surface area contributed by atoms with Gasteiger partial charge in [-0.05, 0) is 71.5 Å². The van der Waals surface area contributed by atoms with E-state index in [4.69, 9.17) is 0 Å². The summed E-state index contributed by atoms with van der Waals surface area (Å²) in [4.78, 5) is 2.65. The molecule has 2 aliphatic heterocycles. The highest BCUT2D eigenvalue weighted by Gasteiger charge is 2.44. The summed E-state index contributed by atoms with van der Waals surface area (Å²) in [6, 6.07) is 27.0. The summed E-state index contributed by atoms with van der Waals surface area (Å²) in [5.74, 6) is 0.967. The lowest BCUT2D eigenvalue weighted by Gasteiger charge is -2.27. The summed E-state index contributed by atoms with van der Waals surface area (Å²) in [5.41, 5.74) is 8.23. The lowest BCUT2D eigenvalue weighted by Crippen LogP contribution is -2.28. The average molecular weight is 568 g/mol. The van der Waals surface area contributed by atoms with Crippen molar-refractivity contribution in [2.75, 3.05) is 18.5 Å². The Hall–Kier alpha value is -3.65. The van der Waals surface area contributed by atoms with Crippen LogP contribution in [0.15, 0.2) is 96.7 Å². The average Bonchev–Trinajstić information content (AvgIpc) is 3.65. The number of benzene rings is 4. The number of hydrogen-bond acceptors (Lipinski definition) is 1. The van der Waals surface area contributed by atoms with Crippen LogP contribution < -0.4 is 4.90 Å². The Kier molecular flexibility index (Phi) is 7.07. The van der Waals surface area contributed by atoms with Crippen molar-refractivity contribution in [3.8, 4) is 0 Å². The van der Waals surface area contributed by atoms with Crippen molar-refractivity contribution in [1.82, 2.24) is 0 Å². The molecule has 0 aromatic heterocycles. The molecule has 0 bridgehead atoms. The van der Waals surface area contributed by atoms with Crippen molar-refractivity contribution in [3.63, 3.8) is 0 Å². The van der Waals surface area contributed by atoms with E-state index in [1.165, 1.54) is 100 Å². The van der Waals surface area contributed by atoms with E-state index in [0.29, 0.717) is 0 Å². The van der Waals surface area contributed by atoms with Gasteiger partial charge in [0.05, 0.1) is 5.41 Å². The molecule has 0 radical (unpaired) electrons. The molecule has 4 aromatic rings. The smallest absolute Gasteiger partial charge is 0.210 e. The lowest BCUT2D eigenvalue weighted by molar-refractivity contribution is -0.401. The fourth-order valence-corrected chi connectivity index (χ4v) is 8.70. The van der Waals surface area contributed by atoms with E-state index >= 15 is 0 Å². The molecular weight excluding hydrogens is 520 g/mol. The second kappa shape index (κ2) is 10.8. The van der Waals surface area contributed by atoms with Gasteiger partial charge in [-0.2, -0.15) is 4.58 Å². The first-order chi connectivity index (χ1) is 20.8. The van der Waals surface area contributed by atoms with Crippen LogP contribution in [-0.2, 0) is 10.8 Å². The number of unbranched alkanes of at least 4 members (excludes halogenated alkanes) is 1. The molecule has 2 nitrogen and oxygen atoms in total. The van der Waals surface area contributed by atoms with Crippen molar-refractivity contribution in [3.05, 3.63) is 108 Å². The van der Waals surface area contributed by atoms with Crippen LogP contribution in [0.1, 0.15) is 83.8 Å². The van der Waals surface area contributed by atoms with E-state index in [0.717, 1.165) is 12.5 Å². The van der Waals surface area contributed by atoms with Gasteiger partial charge in [-0.25, -0.2) is 0 Å². The molecule has 0 atom stereocenters. The SMILES string of the molecule is C[N+]1=C(C=CC=C2N(CCCCC3CCCC3)c3ccc4ccccc4c3C2(C)C)C(C)(C)c2c1ccc1ccccc21. The summed E-state index contributed by atoms with van der Waals surface area (Å²) in [7, 11) is 2.23. The van der Waals surface area contributed by atoms with Crippen molar-refractivity contribution < 1.29 is 4.58 Å².